The molecular formula is C55H27N3O. The summed E-state index contributed by atoms with van der Waals surface area (Å²) in [5, 5.41) is 29.4. The summed E-state index contributed by atoms with van der Waals surface area (Å²) in [6, 6.07) is 56.2. The van der Waals surface area contributed by atoms with E-state index in [4.69, 9.17) is 4.42 Å². The summed E-state index contributed by atoms with van der Waals surface area (Å²) in [6.45, 7) is 0. The molecule has 11 aromatic rings. The van der Waals surface area contributed by atoms with E-state index in [2.05, 4.69) is 156 Å². The lowest BCUT2D eigenvalue weighted by atomic mass is 9.43. The first-order valence-corrected chi connectivity index (χ1v) is 20.6. The fraction of sp³-hybridized carbons (Fsp3) is 0.0909. The minimum Gasteiger partial charge on any atom is -0.456 e. The smallest absolute Gasteiger partial charge is 0.136 e. The fourth-order valence-corrected chi connectivity index (χ4v) is 13.9. The molecule has 0 N–H and O–H groups in total. The fourth-order valence-electron chi connectivity index (χ4n) is 13.9. The molecule has 1 spiro atoms. The summed E-state index contributed by atoms with van der Waals surface area (Å²) < 4.78 is 9.33. The lowest BCUT2D eigenvalue weighted by Crippen LogP contribution is -2.52. The molecule has 3 heterocycles. The molecule has 6 aliphatic carbocycles. The Morgan fingerprint density at radius 2 is 0.983 bits per heavy atom. The van der Waals surface area contributed by atoms with Crippen LogP contribution in [0, 0.1) is 22.7 Å². The molecule has 268 valence electrons. The van der Waals surface area contributed by atoms with Crippen LogP contribution >= 0.6 is 0 Å². The zero-order chi connectivity index (χ0) is 38.2. The third kappa shape index (κ3) is 2.84. The van der Waals surface area contributed by atoms with Gasteiger partial charge in [0.15, 0.2) is 0 Å². The summed E-state index contributed by atoms with van der Waals surface area (Å²) >= 11 is 0. The van der Waals surface area contributed by atoms with Gasteiger partial charge in [-0.15, -0.1) is 0 Å². The van der Waals surface area contributed by atoms with E-state index in [0.717, 1.165) is 60.6 Å². The Morgan fingerprint density at radius 3 is 1.63 bits per heavy atom. The second kappa shape index (κ2) is 9.37. The van der Waals surface area contributed by atoms with Crippen LogP contribution in [0.4, 0.5) is 0 Å². The Kier molecular flexibility index (Phi) is 4.70. The zero-order valence-electron chi connectivity index (χ0n) is 31.3. The van der Waals surface area contributed by atoms with Crippen molar-refractivity contribution in [1.29, 1.82) is 10.5 Å². The van der Waals surface area contributed by atoms with Crippen LogP contribution in [0.25, 0.3) is 60.0 Å². The Morgan fingerprint density at radius 1 is 0.458 bits per heavy atom. The first-order valence-electron chi connectivity index (χ1n) is 20.6. The molecule has 4 nitrogen and oxygen atoms in total. The van der Waals surface area contributed by atoms with E-state index in [1.54, 1.807) is 0 Å². The Bertz CT molecular complexity index is 3930. The van der Waals surface area contributed by atoms with Crippen LogP contribution in [0.3, 0.4) is 0 Å². The molecule has 0 aliphatic heterocycles. The monoisotopic (exact) mass is 745 g/mol. The maximum absolute atomic E-state index is 11.3. The number of hydrogen-bond acceptors (Lipinski definition) is 3. The predicted molar refractivity (Wildman–Crippen MR) is 230 cm³/mol. The van der Waals surface area contributed by atoms with Gasteiger partial charge in [-0.25, -0.2) is 0 Å². The van der Waals surface area contributed by atoms with Crippen LogP contribution in [0.1, 0.15) is 102 Å². The van der Waals surface area contributed by atoms with Crippen LogP contribution in [0.15, 0.2) is 144 Å². The van der Waals surface area contributed by atoms with Crippen LogP contribution in [0.2, 0.25) is 0 Å². The molecule has 6 aliphatic rings. The highest BCUT2D eigenvalue weighted by molar-refractivity contribution is 6.36. The number of nitrogens with zero attached hydrogens (tertiary/aromatic N) is 3. The van der Waals surface area contributed by atoms with Gasteiger partial charge in [0, 0.05) is 61.4 Å². The summed E-state index contributed by atoms with van der Waals surface area (Å²) in [6.07, 6.45) is 0. The minimum atomic E-state index is -0.200. The van der Waals surface area contributed by atoms with E-state index in [-0.39, 0.29) is 29.1 Å². The Labute approximate surface area is 336 Å². The van der Waals surface area contributed by atoms with E-state index in [9.17, 15) is 10.5 Å². The van der Waals surface area contributed by atoms with E-state index in [0.29, 0.717) is 0 Å². The molecule has 3 aromatic heterocycles. The lowest BCUT2D eigenvalue weighted by molar-refractivity contribution is 0.333. The minimum absolute atomic E-state index is 0.0267. The van der Waals surface area contributed by atoms with Gasteiger partial charge < -0.3 is 8.82 Å². The number of furan rings is 1. The number of para-hydroxylation sites is 1. The van der Waals surface area contributed by atoms with Crippen LogP contribution < -0.4 is 0 Å². The maximum Gasteiger partial charge on any atom is 0.136 e. The quantitative estimate of drug-likeness (QED) is 0.155. The zero-order valence-corrected chi connectivity index (χ0v) is 31.3. The molecule has 3 atom stereocenters. The van der Waals surface area contributed by atoms with Crippen molar-refractivity contribution in [3.05, 3.63) is 217 Å². The normalized spacial score (nSPS) is 21.9. The highest BCUT2D eigenvalue weighted by atomic mass is 16.3. The number of rotatable bonds is 0. The highest BCUT2D eigenvalue weighted by Gasteiger charge is 2.70. The number of hydrogen-bond donors (Lipinski definition) is 0. The molecule has 59 heavy (non-hydrogen) atoms. The molecule has 0 saturated heterocycles. The van der Waals surface area contributed by atoms with Crippen molar-refractivity contribution < 1.29 is 4.42 Å². The van der Waals surface area contributed by atoms with E-state index >= 15 is 0 Å². The highest BCUT2D eigenvalue weighted by Crippen LogP contribution is 2.78. The predicted octanol–water partition coefficient (Wildman–Crippen LogP) is 12.4. The number of aromatic nitrogens is 1. The molecule has 17 rings (SSSR count). The molecule has 0 fully saturated rings. The van der Waals surface area contributed by atoms with Crippen LogP contribution in [-0.2, 0) is 5.41 Å². The van der Waals surface area contributed by atoms with Gasteiger partial charge in [-0.2, -0.15) is 10.5 Å². The third-order valence-corrected chi connectivity index (χ3v) is 15.6. The standard InChI is InChI=1S/C55H27N3O/c56-24-26-21-38-46(49-42(26)44-28-11-1-3-13-30(28)45(49)31-14-4-2-12-29(31)44)35-23-41-47(34-17-7-10-20-40(34)59-41)51-48-39(58(38)54(35)51)22-27(25-57)43-50(48)53-33-16-6-9-19-37(33)55(53)36-18-8-5-15-32(36)52(43)55/h1-23,44-45,52-53H. The molecule has 4 heteroatoms. The summed E-state index contributed by atoms with van der Waals surface area (Å²) in [7, 11) is 0. The molecule has 2 bridgehead atoms. The summed E-state index contributed by atoms with van der Waals surface area (Å²) in [5.41, 5.74) is 21.7. The van der Waals surface area contributed by atoms with Gasteiger partial charge in [0.05, 0.1) is 39.8 Å². The van der Waals surface area contributed by atoms with E-state index in [1.165, 1.54) is 77.4 Å². The second-order valence-electron chi connectivity index (χ2n) is 17.5. The average molecular weight is 746 g/mol. The largest absolute Gasteiger partial charge is 0.456 e. The maximum atomic E-state index is 11.3. The first kappa shape index (κ1) is 29.6. The van der Waals surface area contributed by atoms with Crippen LogP contribution in [0.5, 0.6) is 0 Å². The van der Waals surface area contributed by atoms with Crippen LogP contribution in [-0.4, -0.2) is 4.40 Å². The van der Waals surface area contributed by atoms with Gasteiger partial charge >= 0.3 is 0 Å². The van der Waals surface area contributed by atoms with Gasteiger partial charge in [-0.05, 0) is 91.0 Å². The lowest BCUT2D eigenvalue weighted by Gasteiger charge is -2.58. The Balaban J connectivity index is 1.15. The van der Waals surface area contributed by atoms with E-state index in [1.807, 2.05) is 0 Å². The van der Waals surface area contributed by atoms with Crippen molar-refractivity contribution in [1.82, 2.24) is 4.40 Å². The first-order chi connectivity index (χ1) is 29.2. The van der Waals surface area contributed by atoms with Crippen molar-refractivity contribution in [2.24, 2.45) is 0 Å². The molecular weight excluding hydrogens is 719 g/mol. The van der Waals surface area contributed by atoms with Gasteiger partial charge in [0.25, 0.3) is 0 Å². The van der Waals surface area contributed by atoms with Crippen molar-refractivity contribution in [2.45, 2.75) is 29.1 Å². The van der Waals surface area contributed by atoms with Crippen molar-refractivity contribution >= 4 is 60.0 Å². The average Bonchev–Trinajstić information content (AvgIpc) is 3.98. The molecule has 0 radical (unpaired) electrons. The summed E-state index contributed by atoms with van der Waals surface area (Å²) in [4.78, 5) is 0. The van der Waals surface area contributed by atoms with Gasteiger partial charge in [-0.3, -0.25) is 0 Å². The molecule has 8 aromatic carbocycles. The number of benzene rings is 8. The van der Waals surface area contributed by atoms with Gasteiger partial charge in [0.1, 0.15) is 11.2 Å². The number of nitriles is 2. The van der Waals surface area contributed by atoms with E-state index < -0.39 is 0 Å². The SMILES string of the molecule is N#Cc1cc2c(c3c1C1c4ccccc4C3c3ccccc31)c1cc3oc4ccccc4c3c3c4c5c(c(C#N)cc4n2c13)C1c2ccccc2C12c1ccccc1C52. The topological polar surface area (TPSA) is 65.1 Å². The molecule has 0 amide bonds. The number of fused-ring (bicyclic) bond motifs is 18. The van der Waals surface area contributed by atoms with Crippen molar-refractivity contribution in [2.75, 3.05) is 0 Å². The Hall–Kier alpha value is -7.66. The van der Waals surface area contributed by atoms with Gasteiger partial charge in [0.2, 0.25) is 0 Å². The van der Waals surface area contributed by atoms with Gasteiger partial charge in [-0.1, -0.05) is 115 Å². The third-order valence-electron chi connectivity index (χ3n) is 15.6. The van der Waals surface area contributed by atoms with Crippen molar-refractivity contribution in [3.8, 4) is 12.1 Å². The van der Waals surface area contributed by atoms with Crippen molar-refractivity contribution in [3.63, 3.8) is 0 Å². The molecule has 0 saturated carbocycles. The molecule has 3 unspecified atom stereocenters. The second-order valence-corrected chi connectivity index (χ2v) is 17.5. The summed E-state index contributed by atoms with van der Waals surface area (Å²) in [5.74, 6) is 0.154.